The van der Waals surface area contributed by atoms with Gasteiger partial charge in [0.15, 0.2) is 0 Å². The molecule has 1 fully saturated rings. The topological polar surface area (TPSA) is 46.2 Å². The average molecular weight is 314 g/mol. The molecule has 0 bridgehead atoms. The Balaban J connectivity index is 2.17. The quantitative estimate of drug-likeness (QED) is 0.843. The molecule has 21 heavy (non-hydrogen) atoms. The number of nitrogens with two attached hydrogens (primary N) is 1. The molecule has 0 heterocycles. The van der Waals surface area contributed by atoms with E-state index in [1.807, 2.05) is 0 Å². The highest BCUT2D eigenvalue weighted by Crippen LogP contribution is 2.48. The number of benzene rings is 1. The molecule has 1 saturated carbocycles. The predicted octanol–water partition coefficient (Wildman–Crippen LogP) is 4.45. The summed E-state index contributed by atoms with van der Waals surface area (Å²) in [5.74, 6) is 0.321. The summed E-state index contributed by atoms with van der Waals surface area (Å²) in [4.78, 5) is 0. The lowest BCUT2D eigenvalue weighted by Gasteiger charge is -2.43. The summed E-state index contributed by atoms with van der Waals surface area (Å²) in [7, 11) is 0. The molecule has 0 saturated heterocycles. The molecule has 3 N–H and O–H groups in total. The summed E-state index contributed by atoms with van der Waals surface area (Å²) >= 11 is 5.90. The third-order valence-corrected chi connectivity index (χ3v) is 5.20. The Bertz CT molecular complexity index is 452. The van der Waals surface area contributed by atoms with Gasteiger partial charge in [0.05, 0.1) is 6.10 Å². The first-order chi connectivity index (χ1) is 10.0. The van der Waals surface area contributed by atoms with Gasteiger partial charge in [0.2, 0.25) is 0 Å². The Morgan fingerprint density at radius 2 is 2.05 bits per heavy atom. The molecule has 0 spiro atoms. The Labute approximate surface area is 131 Å². The Morgan fingerprint density at radius 1 is 1.38 bits per heavy atom. The summed E-state index contributed by atoms with van der Waals surface area (Å²) in [5.41, 5.74) is 6.18. The molecule has 1 unspecified atom stereocenters. The van der Waals surface area contributed by atoms with Crippen molar-refractivity contribution in [3.05, 3.63) is 34.6 Å². The molecule has 0 amide bonds. The fourth-order valence-electron chi connectivity index (χ4n) is 3.63. The normalized spacial score (nSPS) is 27.6. The van der Waals surface area contributed by atoms with Crippen LogP contribution in [0.4, 0.5) is 4.39 Å². The molecule has 1 aromatic rings. The van der Waals surface area contributed by atoms with Crippen molar-refractivity contribution in [3.8, 4) is 0 Å². The van der Waals surface area contributed by atoms with Crippen molar-refractivity contribution in [2.45, 2.75) is 51.6 Å². The molecule has 0 aliphatic heterocycles. The smallest absolute Gasteiger partial charge is 0.125 e. The van der Waals surface area contributed by atoms with Crippen LogP contribution in [0.25, 0.3) is 0 Å². The van der Waals surface area contributed by atoms with Crippen LogP contribution in [-0.2, 0) is 0 Å². The second-order valence-corrected chi connectivity index (χ2v) is 6.84. The first kappa shape index (κ1) is 16.7. The molecule has 118 valence electrons. The molecular weight excluding hydrogens is 289 g/mol. The monoisotopic (exact) mass is 313 g/mol. The summed E-state index contributed by atoms with van der Waals surface area (Å²) in [6, 6.07) is 4.27. The zero-order valence-corrected chi connectivity index (χ0v) is 13.4. The first-order valence-corrected chi connectivity index (χ1v) is 8.22. The SMILES string of the molecule is CCCC1CCC(CN)(C(O)c2cc(F)cc(Cl)c2)CC1. The zero-order chi connectivity index (χ0) is 15.5. The van der Waals surface area contributed by atoms with Gasteiger partial charge < -0.3 is 10.8 Å². The van der Waals surface area contributed by atoms with Crippen LogP contribution < -0.4 is 5.73 Å². The van der Waals surface area contributed by atoms with Crippen molar-refractivity contribution in [3.63, 3.8) is 0 Å². The summed E-state index contributed by atoms with van der Waals surface area (Å²) in [5, 5.41) is 11.1. The van der Waals surface area contributed by atoms with Crippen LogP contribution in [0.15, 0.2) is 18.2 Å². The maximum Gasteiger partial charge on any atom is 0.125 e. The Hall–Kier alpha value is -0.640. The lowest BCUT2D eigenvalue weighted by molar-refractivity contribution is -0.0110. The number of hydrogen-bond acceptors (Lipinski definition) is 2. The van der Waals surface area contributed by atoms with Crippen molar-refractivity contribution >= 4 is 11.6 Å². The van der Waals surface area contributed by atoms with Gasteiger partial charge in [-0.05, 0) is 55.4 Å². The van der Waals surface area contributed by atoms with Crippen LogP contribution in [-0.4, -0.2) is 11.7 Å². The maximum absolute atomic E-state index is 13.5. The minimum atomic E-state index is -0.752. The van der Waals surface area contributed by atoms with Gasteiger partial charge in [-0.3, -0.25) is 0 Å². The molecule has 1 aliphatic carbocycles. The van der Waals surface area contributed by atoms with E-state index in [2.05, 4.69) is 6.92 Å². The molecule has 2 nitrogen and oxygen atoms in total. The maximum atomic E-state index is 13.5. The van der Waals surface area contributed by atoms with Crippen LogP contribution in [0.5, 0.6) is 0 Å². The highest BCUT2D eigenvalue weighted by molar-refractivity contribution is 6.30. The van der Waals surface area contributed by atoms with Crippen molar-refractivity contribution in [1.29, 1.82) is 0 Å². The highest BCUT2D eigenvalue weighted by atomic mass is 35.5. The summed E-state index contributed by atoms with van der Waals surface area (Å²) in [6.07, 6.45) is 5.65. The second-order valence-electron chi connectivity index (χ2n) is 6.40. The Kier molecular flexibility index (Phi) is 5.64. The third-order valence-electron chi connectivity index (χ3n) is 4.99. The van der Waals surface area contributed by atoms with E-state index in [0.29, 0.717) is 17.1 Å². The Morgan fingerprint density at radius 3 is 2.57 bits per heavy atom. The number of aliphatic hydroxyl groups excluding tert-OH is 1. The van der Waals surface area contributed by atoms with Crippen LogP contribution >= 0.6 is 11.6 Å². The zero-order valence-electron chi connectivity index (χ0n) is 12.6. The molecule has 1 aliphatic rings. The van der Waals surface area contributed by atoms with Crippen LogP contribution in [0, 0.1) is 17.2 Å². The van der Waals surface area contributed by atoms with E-state index >= 15 is 0 Å². The largest absolute Gasteiger partial charge is 0.388 e. The van der Waals surface area contributed by atoms with Crippen LogP contribution in [0.3, 0.4) is 0 Å². The van der Waals surface area contributed by atoms with Crippen LogP contribution in [0.2, 0.25) is 5.02 Å². The van der Waals surface area contributed by atoms with E-state index < -0.39 is 11.9 Å². The van der Waals surface area contributed by atoms with Crippen molar-refractivity contribution < 1.29 is 9.50 Å². The standard InChI is InChI=1S/C17H25ClFNO/c1-2-3-12-4-6-17(11-20,7-5-12)16(21)13-8-14(18)10-15(19)9-13/h8-10,12,16,21H,2-7,11,20H2,1H3. The average Bonchev–Trinajstić information content (AvgIpc) is 2.47. The van der Waals surface area contributed by atoms with E-state index in [4.69, 9.17) is 17.3 Å². The fraction of sp³-hybridized carbons (Fsp3) is 0.647. The summed E-state index contributed by atoms with van der Waals surface area (Å²) < 4.78 is 13.5. The van der Waals surface area contributed by atoms with Gasteiger partial charge in [-0.25, -0.2) is 4.39 Å². The van der Waals surface area contributed by atoms with Gasteiger partial charge in [0.1, 0.15) is 5.82 Å². The van der Waals surface area contributed by atoms with Gasteiger partial charge in [-0.15, -0.1) is 0 Å². The number of halogens is 2. The van der Waals surface area contributed by atoms with E-state index in [9.17, 15) is 9.50 Å². The lowest BCUT2D eigenvalue weighted by Crippen LogP contribution is -2.40. The number of aliphatic hydroxyl groups is 1. The fourth-order valence-corrected chi connectivity index (χ4v) is 3.86. The number of hydrogen-bond donors (Lipinski definition) is 2. The molecular formula is C17H25ClFNO. The predicted molar refractivity (Wildman–Crippen MR) is 84.7 cm³/mol. The molecule has 1 aromatic carbocycles. The van der Waals surface area contributed by atoms with Crippen molar-refractivity contribution in [1.82, 2.24) is 0 Å². The molecule has 1 atom stereocenters. The molecule has 0 radical (unpaired) electrons. The first-order valence-electron chi connectivity index (χ1n) is 7.85. The van der Waals surface area contributed by atoms with Gasteiger partial charge in [-0.1, -0.05) is 31.4 Å². The van der Waals surface area contributed by atoms with E-state index in [0.717, 1.165) is 31.6 Å². The minimum Gasteiger partial charge on any atom is -0.388 e. The van der Waals surface area contributed by atoms with Gasteiger partial charge in [-0.2, -0.15) is 0 Å². The van der Waals surface area contributed by atoms with E-state index in [-0.39, 0.29) is 5.41 Å². The van der Waals surface area contributed by atoms with Crippen molar-refractivity contribution in [2.24, 2.45) is 17.1 Å². The van der Waals surface area contributed by atoms with Gasteiger partial charge in [0, 0.05) is 17.0 Å². The minimum absolute atomic E-state index is 0.316. The van der Waals surface area contributed by atoms with Gasteiger partial charge in [0.25, 0.3) is 0 Å². The van der Waals surface area contributed by atoms with Gasteiger partial charge >= 0.3 is 0 Å². The van der Waals surface area contributed by atoms with Crippen LogP contribution in [0.1, 0.15) is 57.1 Å². The van der Waals surface area contributed by atoms with Crippen molar-refractivity contribution in [2.75, 3.05) is 6.54 Å². The summed E-state index contributed by atoms with van der Waals surface area (Å²) in [6.45, 7) is 2.62. The number of rotatable bonds is 5. The third kappa shape index (κ3) is 3.77. The molecule has 4 heteroatoms. The second kappa shape index (κ2) is 7.08. The molecule has 0 aromatic heterocycles. The highest BCUT2D eigenvalue weighted by Gasteiger charge is 2.40. The van der Waals surface area contributed by atoms with E-state index in [1.54, 1.807) is 6.07 Å². The molecule has 2 rings (SSSR count). The lowest BCUT2D eigenvalue weighted by atomic mass is 9.65. The van der Waals surface area contributed by atoms with E-state index in [1.165, 1.54) is 25.0 Å².